The van der Waals surface area contributed by atoms with Gasteiger partial charge in [0.2, 0.25) is 0 Å². The lowest BCUT2D eigenvalue weighted by Crippen LogP contribution is -2.43. The predicted octanol–water partition coefficient (Wildman–Crippen LogP) is 3.01. The zero-order valence-electron chi connectivity index (χ0n) is 15.5. The third-order valence-corrected chi connectivity index (χ3v) is 4.49. The number of hydrogen-bond acceptors (Lipinski definition) is 6. The Bertz CT molecular complexity index is 974. The Kier molecular flexibility index (Phi) is 6.75. The van der Waals surface area contributed by atoms with Crippen molar-refractivity contribution in [1.29, 1.82) is 0 Å². The average Bonchev–Trinajstić information content (AvgIpc) is 3.15. The molecule has 0 bridgehead atoms. The topological polar surface area (TPSA) is 89.5 Å². The van der Waals surface area contributed by atoms with E-state index >= 15 is 0 Å². The molecule has 0 fully saturated rings. The van der Waals surface area contributed by atoms with Crippen molar-refractivity contribution in [2.75, 3.05) is 6.61 Å². The van der Waals surface area contributed by atoms with Crippen molar-refractivity contribution in [3.05, 3.63) is 76.0 Å². The number of hydrogen-bond donors (Lipinski definition) is 2. The molecule has 9 heteroatoms. The van der Waals surface area contributed by atoms with Crippen LogP contribution in [0.2, 0.25) is 0 Å². The molecule has 2 amide bonds. The fourth-order valence-corrected chi connectivity index (χ4v) is 2.85. The Morgan fingerprint density at radius 1 is 1.00 bits per heavy atom. The predicted molar refractivity (Wildman–Crippen MR) is 105 cm³/mol. The highest BCUT2D eigenvalue weighted by Crippen LogP contribution is 2.15. The van der Waals surface area contributed by atoms with E-state index < -0.39 is 17.6 Å². The molecule has 3 aromatic rings. The lowest BCUT2D eigenvalue weighted by molar-refractivity contribution is -0.123. The monoisotopic (exact) mass is 415 g/mol. The first kappa shape index (κ1) is 20.3. The fraction of sp³-hybridized carbons (Fsp3) is 0.150. The van der Waals surface area contributed by atoms with Crippen LogP contribution in [0.3, 0.4) is 0 Å². The maximum atomic E-state index is 12.8. The number of nitrogens with zero attached hydrogens (tertiary/aromatic N) is 1. The first-order chi connectivity index (χ1) is 14.0. The van der Waals surface area contributed by atoms with Gasteiger partial charge in [0.25, 0.3) is 11.8 Å². The van der Waals surface area contributed by atoms with E-state index in [2.05, 4.69) is 15.8 Å². The number of aromatic nitrogens is 1. The molecule has 2 aromatic carbocycles. The summed E-state index contributed by atoms with van der Waals surface area (Å²) in [5, 5.41) is 2.90. The van der Waals surface area contributed by atoms with E-state index in [0.717, 1.165) is 10.7 Å². The van der Waals surface area contributed by atoms with E-state index in [9.17, 15) is 14.0 Å². The molecule has 0 saturated heterocycles. The summed E-state index contributed by atoms with van der Waals surface area (Å²) in [4.78, 5) is 28.2. The third kappa shape index (κ3) is 6.28. The molecule has 0 spiro atoms. The van der Waals surface area contributed by atoms with Gasteiger partial charge in [-0.3, -0.25) is 20.4 Å². The summed E-state index contributed by atoms with van der Waals surface area (Å²) in [7, 11) is 0. The molecule has 29 heavy (non-hydrogen) atoms. The van der Waals surface area contributed by atoms with Gasteiger partial charge in [0, 0.05) is 10.9 Å². The van der Waals surface area contributed by atoms with E-state index in [4.69, 9.17) is 9.47 Å². The van der Waals surface area contributed by atoms with Gasteiger partial charge in [-0.15, -0.1) is 11.3 Å². The first-order valence-corrected chi connectivity index (χ1v) is 9.49. The number of carbonyl (C=O) groups is 2. The largest absolute Gasteiger partial charge is 0.487 e. The van der Waals surface area contributed by atoms with E-state index in [1.807, 2.05) is 12.3 Å². The number of thiazole rings is 1. The number of hydrazine groups is 1. The summed E-state index contributed by atoms with van der Waals surface area (Å²) in [6.45, 7) is 1.95. The molecular weight excluding hydrogens is 397 g/mol. The normalized spacial score (nSPS) is 10.3. The zero-order valence-corrected chi connectivity index (χ0v) is 16.3. The maximum Gasteiger partial charge on any atom is 0.276 e. The fourth-order valence-electron chi connectivity index (χ4n) is 2.25. The Balaban J connectivity index is 1.41. The Morgan fingerprint density at radius 2 is 1.66 bits per heavy atom. The van der Waals surface area contributed by atoms with Crippen LogP contribution in [0.25, 0.3) is 0 Å². The van der Waals surface area contributed by atoms with Crippen molar-refractivity contribution >= 4 is 23.2 Å². The lowest BCUT2D eigenvalue weighted by Gasteiger charge is -2.09. The number of amides is 2. The Labute approximate surface area is 170 Å². The molecule has 2 N–H and O–H groups in total. The van der Waals surface area contributed by atoms with Crippen molar-refractivity contribution in [3.8, 4) is 11.5 Å². The summed E-state index contributed by atoms with van der Waals surface area (Å²) in [6, 6.07) is 11.7. The van der Waals surface area contributed by atoms with E-state index in [1.54, 1.807) is 35.6 Å². The molecule has 0 unspecified atom stereocenters. The van der Waals surface area contributed by atoms with Gasteiger partial charge in [-0.1, -0.05) is 0 Å². The second kappa shape index (κ2) is 9.65. The van der Waals surface area contributed by atoms with Gasteiger partial charge < -0.3 is 9.47 Å². The van der Waals surface area contributed by atoms with Gasteiger partial charge in [-0.05, 0) is 55.5 Å². The highest BCUT2D eigenvalue weighted by atomic mass is 32.1. The lowest BCUT2D eigenvalue weighted by atomic mass is 10.2. The first-order valence-electron chi connectivity index (χ1n) is 8.61. The molecule has 0 aliphatic rings. The summed E-state index contributed by atoms with van der Waals surface area (Å²) in [5.41, 5.74) is 5.74. The Morgan fingerprint density at radius 3 is 2.31 bits per heavy atom. The second-order valence-electron chi connectivity index (χ2n) is 5.92. The van der Waals surface area contributed by atoms with Crippen LogP contribution in [0.5, 0.6) is 11.5 Å². The average molecular weight is 415 g/mol. The van der Waals surface area contributed by atoms with Crippen molar-refractivity contribution in [2.45, 2.75) is 13.5 Å². The molecule has 1 heterocycles. The molecule has 0 aliphatic heterocycles. The number of carbonyl (C=O) groups excluding carboxylic acids is 2. The van der Waals surface area contributed by atoms with Gasteiger partial charge >= 0.3 is 0 Å². The standard InChI is InChI=1S/C20H18FN3O4S/c1-13-22-16(12-29-13)10-27-17-6-2-14(3-7-17)20(26)24-23-19(25)11-28-18-8-4-15(21)5-9-18/h2-9,12H,10-11H2,1H3,(H,23,25)(H,24,26). The van der Waals surface area contributed by atoms with Crippen molar-refractivity contribution < 1.29 is 23.5 Å². The number of ether oxygens (including phenoxy) is 2. The van der Waals surface area contributed by atoms with Crippen LogP contribution in [-0.4, -0.2) is 23.4 Å². The number of aryl methyl sites for hydroxylation is 1. The smallest absolute Gasteiger partial charge is 0.276 e. The van der Waals surface area contributed by atoms with Crippen molar-refractivity contribution in [1.82, 2.24) is 15.8 Å². The van der Waals surface area contributed by atoms with Crippen LogP contribution in [0, 0.1) is 12.7 Å². The van der Waals surface area contributed by atoms with E-state index in [1.165, 1.54) is 24.3 Å². The summed E-state index contributed by atoms with van der Waals surface area (Å²) in [5.74, 6) is -0.494. The van der Waals surface area contributed by atoms with Crippen LogP contribution in [0.1, 0.15) is 21.1 Å². The number of halogens is 1. The van der Waals surface area contributed by atoms with Crippen LogP contribution < -0.4 is 20.3 Å². The molecule has 1 aromatic heterocycles. The van der Waals surface area contributed by atoms with Crippen LogP contribution in [0.15, 0.2) is 53.9 Å². The molecule has 0 saturated carbocycles. The third-order valence-electron chi connectivity index (χ3n) is 3.67. The molecular formula is C20H18FN3O4S. The van der Waals surface area contributed by atoms with Gasteiger partial charge in [0.05, 0.1) is 10.7 Å². The molecule has 0 aliphatic carbocycles. The van der Waals surface area contributed by atoms with Gasteiger partial charge in [0.1, 0.15) is 23.9 Å². The van der Waals surface area contributed by atoms with Crippen LogP contribution in [-0.2, 0) is 11.4 Å². The summed E-state index contributed by atoms with van der Waals surface area (Å²) >= 11 is 1.55. The minimum absolute atomic E-state index is 0.325. The molecule has 150 valence electrons. The van der Waals surface area contributed by atoms with Gasteiger partial charge in [-0.2, -0.15) is 0 Å². The minimum atomic E-state index is -0.554. The Hall–Kier alpha value is -3.46. The van der Waals surface area contributed by atoms with Crippen LogP contribution >= 0.6 is 11.3 Å². The quantitative estimate of drug-likeness (QED) is 0.579. The number of rotatable bonds is 7. The summed E-state index contributed by atoms with van der Waals surface area (Å²) in [6.07, 6.45) is 0. The van der Waals surface area contributed by atoms with E-state index in [0.29, 0.717) is 23.7 Å². The summed E-state index contributed by atoms with van der Waals surface area (Å²) < 4.78 is 23.6. The SMILES string of the molecule is Cc1nc(COc2ccc(C(=O)NNC(=O)COc3ccc(F)cc3)cc2)cs1. The van der Waals surface area contributed by atoms with Crippen LogP contribution in [0.4, 0.5) is 4.39 Å². The van der Waals surface area contributed by atoms with E-state index in [-0.39, 0.29) is 6.61 Å². The minimum Gasteiger partial charge on any atom is -0.487 e. The van der Waals surface area contributed by atoms with Crippen molar-refractivity contribution in [2.24, 2.45) is 0 Å². The van der Waals surface area contributed by atoms with Gasteiger partial charge in [-0.25, -0.2) is 9.37 Å². The van der Waals surface area contributed by atoms with Crippen molar-refractivity contribution in [3.63, 3.8) is 0 Å². The highest BCUT2D eigenvalue weighted by Gasteiger charge is 2.09. The molecule has 3 rings (SSSR count). The zero-order chi connectivity index (χ0) is 20.6. The van der Waals surface area contributed by atoms with Gasteiger partial charge in [0.15, 0.2) is 6.61 Å². The maximum absolute atomic E-state index is 12.8. The molecule has 7 nitrogen and oxygen atoms in total. The number of nitrogens with one attached hydrogen (secondary N) is 2. The highest BCUT2D eigenvalue weighted by molar-refractivity contribution is 7.09. The second-order valence-corrected chi connectivity index (χ2v) is 6.98. The number of benzene rings is 2. The molecule has 0 atom stereocenters. The molecule has 0 radical (unpaired) electrons.